The number of ether oxygens (including phenoxy) is 1. The summed E-state index contributed by atoms with van der Waals surface area (Å²) >= 11 is 2.79. The van der Waals surface area contributed by atoms with Gasteiger partial charge in [0.15, 0.2) is 5.78 Å². The second kappa shape index (κ2) is 9.33. The quantitative estimate of drug-likeness (QED) is 0.289. The maximum atomic E-state index is 12.7. The number of nitrogens with zero attached hydrogens (tertiary/aromatic N) is 2. The Morgan fingerprint density at radius 2 is 2.10 bits per heavy atom. The fourth-order valence-corrected chi connectivity index (χ4v) is 5.13. The molecule has 0 saturated heterocycles. The van der Waals surface area contributed by atoms with Crippen LogP contribution < -0.4 is 15.8 Å². The van der Waals surface area contributed by atoms with Gasteiger partial charge in [-0.15, -0.1) is 11.3 Å². The van der Waals surface area contributed by atoms with E-state index >= 15 is 0 Å². The van der Waals surface area contributed by atoms with Crippen molar-refractivity contribution in [2.45, 2.75) is 37.4 Å². The van der Waals surface area contributed by atoms with Gasteiger partial charge in [0.05, 0.1) is 35.8 Å². The van der Waals surface area contributed by atoms with Crippen LogP contribution in [0.2, 0.25) is 0 Å². The first-order valence-electron chi connectivity index (χ1n) is 10.0. The number of amides is 1. The number of carbonyl (C=O) groups is 2. The number of rotatable bonds is 9. The third kappa shape index (κ3) is 5.23. The molecule has 2 heterocycles. The van der Waals surface area contributed by atoms with E-state index in [1.54, 1.807) is 7.11 Å². The van der Waals surface area contributed by atoms with Gasteiger partial charge in [0, 0.05) is 10.3 Å². The fourth-order valence-electron chi connectivity index (χ4n) is 3.22. The van der Waals surface area contributed by atoms with Crippen LogP contribution in [0.15, 0.2) is 35.4 Å². The number of hydrogen-bond acceptors (Lipinski definition) is 8. The lowest BCUT2D eigenvalue weighted by Gasteiger charge is -2.10. The molecular formula is C22H24N4O3S2. The lowest BCUT2D eigenvalue weighted by atomic mass is 10.2. The molecule has 1 atom stereocenters. The van der Waals surface area contributed by atoms with E-state index in [-0.39, 0.29) is 17.4 Å². The molecular weight excluding hydrogens is 432 g/mol. The molecule has 0 unspecified atom stereocenters. The molecule has 4 rings (SSSR count). The SMILES string of the molecule is COc1ccc2nc(C)nc(SCC(=O)c3ccc(CNC(=O)[C@H](N)C4CC4)s3)c2c1. The van der Waals surface area contributed by atoms with E-state index in [1.165, 1.54) is 23.1 Å². The largest absolute Gasteiger partial charge is 0.497 e. The smallest absolute Gasteiger partial charge is 0.237 e. The highest BCUT2D eigenvalue weighted by Gasteiger charge is 2.33. The second-order valence-electron chi connectivity index (χ2n) is 7.52. The standard InChI is InChI=1S/C22H24N4O3S2/c1-12-25-17-7-5-14(29-2)9-16(17)22(26-12)30-11-18(27)19-8-6-15(31-19)10-24-21(28)20(23)13-3-4-13/h5-9,13,20H,3-4,10-11,23H2,1-2H3,(H,24,28)/t20-/m1/s1. The van der Waals surface area contributed by atoms with Crippen molar-refractivity contribution in [2.75, 3.05) is 12.9 Å². The van der Waals surface area contributed by atoms with Crippen molar-refractivity contribution >= 4 is 45.7 Å². The average molecular weight is 457 g/mol. The molecule has 1 aliphatic carbocycles. The maximum Gasteiger partial charge on any atom is 0.237 e. The van der Waals surface area contributed by atoms with Crippen molar-refractivity contribution in [1.29, 1.82) is 0 Å². The summed E-state index contributed by atoms with van der Waals surface area (Å²) in [5, 5.41) is 4.49. The Hall–Kier alpha value is -2.49. The van der Waals surface area contributed by atoms with Crippen molar-refractivity contribution in [3.05, 3.63) is 45.9 Å². The number of fused-ring (bicyclic) bond motifs is 1. The van der Waals surface area contributed by atoms with E-state index in [0.29, 0.717) is 23.2 Å². The van der Waals surface area contributed by atoms with Gasteiger partial charge in [0.25, 0.3) is 0 Å². The van der Waals surface area contributed by atoms with E-state index in [9.17, 15) is 9.59 Å². The first-order valence-corrected chi connectivity index (χ1v) is 11.8. The van der Waals surface area contributed by atoms with Gasteiger partial charge in [-0.25, -0.2) is 9.97 Å². The van der Waals surface area contributed by atoms with Crippen molar-refractivity contribution in [3.63, 3.8) is 0 Å². The number of hydrogen-bond donors (Lipinski definition) is 2. The molecule has 31 heavy (non-hydrogen) atoms. The second-order valence-corrected chi connectivity index (χ2v) is 9.65. The summed E-state index contributed by atoms with van der Waals surface area (Å²) in [6.07, 6.45) is 2.05. The Bertz CT molecular complexity index is 1130. The maximum absolute atomic E-state index is 12.7. The number of Topliss-reactive ketones (excluding diaryl/α,β-unsaturated/α-hetero) is 1. The number of nitrogens with one attached hydrogen (secondary N) is 1. The van der Waals surface area contributed by atoms with Gasteiger partial charge in [-0.1, -0.05) is 11.8 Å². The van der Waals surface area contributed by atoms with E-state index in [1.807, 2.05) is 37.3 Å². The summed E-state index contributed by atoms with van der Waals surface area (Å²) in [6.45, 7) is 2.23. The summed E-state index contributed by atoms with van der Waals surface area (Å²) < 4.78 is 5.31. The zero-order valence-corrected chi connectivity index (χ0v) is 19.0. The van der Waals surface area contributed by atoms with Crippen LogP contribution in [0.5, 0.6) is 5.75 Å². The number of aryl methyl sites for hydroxylation is 1. The minimum absolute atomic E-state index is 0.0227. The summed E-state index contributed by atoms with van der Waals surface area (Å²) in [4.78, 5) is 35.4. The highest BCUT2D eigenvalue weighted by atomic mass is 32.2. The lowest BCUT2D eigenvalue weighted by molar-refractivity contribution is -0.122. The predicted octanol–water partition coefficient (Wildman–Crippen LogP) is 3.34. The third-order valence-electron chi connectivity index (χ3n) is 5.13. The Balaban J connectivity index is 1.38. The van der Waals surface area contributed by atoms with Gasteiger partial charge in [0.2, 0.25) is 5.91 Å². The number of carbonyl (C=O) groups excluding carboxylic acids is 2. The van der Waals surface area contributed by atoms with Crippen LogP contribution in [0.25, 0.3) is 10.9 Å². The van der Waals surface area contributed by atoms with E-state index < -0.39 is 6.04 Å². The summed E-state index contributed by atoms with van der Waals surface area (Å²) in [5.41, 5.74) is 6.74. The van der Waals surface area contributed by atoms with E-state index in [2.05, 4.69) is 15.3 Å². The van der Waals surface area contributed by atoms with Gasteiger partial charge in [-0.3, -0.25) is 9.59 Å². The first-order chi connectivity index (χ1) is 14.9. The highest BCUT2D eigenvalue weighted by molar-refractivity contribution is 8.00. The molecule has 1 aliphatic rings. The summed E-state index contributed by atoms with van der Waals surface area (Å²) in [7, 11) is 1.61. The van der Waals surface area contributed by atoms with Crippen LogP contribution in [-0.4, -0.2) is 40.6 Å². The fraction of sp³-hybridized carbons (Fsp3) is 0.364. The number of methoxy groups -OCH3 is 1. The normalized spacial score (nSPS) is 14.4. The van der Waals surface area contributed by atoms with Gasteiger partial charge in [0.1, 0.15) is 16.6 Å². The van der Waals surface area contributed by atoms with Gasteiger partial charge in [-0.05, 0) is 56.0 Å². The molecule has 0 bridgehead atoms. The van der Waals surface area contributed by atoms with Crippen LogP contribution in [-0.2, 0) is 11.3 Å². The molecule has 1 saturated carbocycles. The Kier molecular flexibility index (Phi) is 6.54. The Morgan fingerprint density at radius 3 is 2.84 bits per heavy atom. The molecule has 0 spiro atoms. The van der Waals surface area contributed by atoms with Crippen molar-refractivity contribution in [1.82, 2.24) is 15.3 Å². The van der Waals surface area contributed by atoms with Crippen molar-refractivity contribution < 1.29 is 14.3 Å². The molecule has 7 nitrogen and oxygen atoms in total. The van der Waals surface area contributed by atoms with Crippen LogP contribution in [0, 0.1) is 12.8 Å². The topological polar surface area (TPSA) is 107 Å². The Labute approximate surface area is 188 Å². The molecule has 2 aromatic heterocycles. The van der Waals surface area contributed by atoms with Gasteiger partial charge in [-0.2, -0.15) is 0 Å². The van der Waals surface area contributed by atoms with Crippen LogP contribution in [0.1, 0.15) is 33.2 Å². The number of nitrogens with two attached hydrogens (primary N) is 1. The monoisotopic (exact) mass is 456 g/mol. The average Bonchev–Trinajstić information content (AvgIpc) is 3.52. The molecule has 3 N–H and O–H groups in total. The summed E-state index contributed by atoms with van der Waals surface area (Å²) in [6, 6.07) is 8.90. The summed E-state index contributed by atoms with van der Waals surface area (Å²) in [5.74, 6) is 1.86. The van der Waals surface area contributed by atoms with E-state index in [0.717, 1.165) is 39.4 Å². The Morgan fingerprint density at radius 1 is 1.29 bits per heavy atom. The van der Waals surface area contributed by atoms with Crippen LogP contribution in [0.3, 0.4) is 0 Å². The zero-order valence-electron chi connectivity index (χ0n) is 17.4. The molecule has 1 aromatic carbocycles. The molecule has 3 aromatic rings. The number of thiophene rings is 1. The van der Waals surface area contributed by atoms with Gasteiger partial charge < -0.3 is 15.8 Å². The molecule has 1 amide bonds. The molecule has 9 heteroatoms. The van der Waals surface area contributed by atoms with Crippen LogP contribution >= 0.6 is 23.1 Å². The molecule has 162 valence electrons. The predicted molar refractivity (Wildman–Crippen MR) is 123 cm³/mol. The van der Waals surface area contributed by atoms with E-state index in [4.69, 9.17) is 10.5 Å². The van der Waals surface area contributed by atoms with Crippen molar-refractivity contribution in [3.8, 4) is 5.75 Å². The number of aromatic nitrogens is 2. The minimum Gasteiger partial charge on any atom is -0.497 e. The first kappa shape index (κ1) is 21.7. The third-order valence-corrected chi connectivity index (χ3v) is 7.24. The zero-order chi connectivity index (χ0) is 22.0. The number of ketones is 1. The molecule has 0 aliphatic heterocycles. The lowest BCUT2D eigenvalue weighted by Crippen LogP contribution is -2.41. The van der Waals surface area contributed by atoms with Crippen LogP contribution in [0.4, 0.5) is 0 Å². The number of benzene rings is 1. The van der Waals surface area contributed by atoms with Gasteiger partial charge >= 0.3 is 0 Å². The minimum atomic E-state index is -0.428. The highest BCUT2D eigenvalue weighted by Crippen LogP contribution is 2.32. The molecule has 1 fully saturated rings. The van der Waals surface area contributed by atoms with Crippen molar-refractivity contribution in [2.24, 2.45) is 11.7 Å². The number of thioether (sulfide) groups is 1. The molecule has 0 radical (unpaired) electrons.